The van der Waals surface area contributed by atoms with Crippen LogP contribution in [-0.2, 0) is 11.4 Å². The Morgan fingerprint density at radius 3 is 2.44 bits per heavy atom. The summed E-state index contributed by atoms with van der Waals surface area (Å²) in [5, 5.41) is 11.0. The fourth-order valence-corrected chi connectivity index (χ4v) is 4.21. The van der Waals surface area contributed by atoms with Crippen molar-refractivity contribution >= 4 is 41.2 Å². The van der Waals surface area contributed by atoms with Crippen molar-refractivity contribution in [3.8, 4) is 5.69 Å². The third-order valence-corrected chi connectivity index (χ3v) is 6.22. The lowest BCUT2D eigenvalue weighted by atomic mass is 10.2. The van der Waals surface area contributed by atoms with Gasteiger partial charge in [-0.05, 0) is 56.3 Å². The Morgan fingerprint density at radius 1 is 1.00 bits per heavy atom. The van der Waals surface area contributed by atoms with Gasteiger partial charge in [0.25, 0.3) is 0 Å². The maximum Gasteiger partial charge on any atom is 0.143 e. The molecule has 0 fully saturated rings. The summed E-state index contributed by atoms with van der Waals surface area (Å²) in [6.07, 6.45) is 3.37. The number of benzene rings is 2. The summed E-state index contributed by atoms with van der Waals surface area (Å²) in [5.41, 5.74) is 4.74. The molecule has 2 heterocycles. The molecule has 0 aliphatic heterocycles. The number of aromatic nitrogens is 3. The molecule has 0 aliphatic rings. The van der Waals surface area contributed by atoms with E-state index >= 15 is 0 Å². The molecule has 0 spiro atoms. The second-order valence-corrected chi connectivity index (χ2v) is 8.99. The van der Waals surface area contributed by atoms with Gasteiger partial charge in [-0.1, -0.05) is 63.9 Å². The van der Waals surface area contributed by atoms with Crippen LogP contribution < -0.4 is 0 Å². The zero-order chi connectivity index (χ0) is 22.5. The van der Waals surface area contributed by atoms with Gasteiger partial charge in [-0.2, -0.15) is 5.10 Å². The van der Waals surface area contributed by atoms with Gasteiger partial charge in [-0.3, -0.25) is 0 Å². The van der Waals surface area contributed by atoms with Crippen molar-refractivity contribution in [1.82, 2.24) is 14.8 Å². The molecule has 162 valence electrons. The summed E-state index contributed by atoms with van der Waals surface area (Å²) < 4.78 is 1.90. The van der Waals surface area contributed by atoms with Gasteiger partial charge < -0.3 is 4.84 Å². The number of pyridine rings is 1. The average Bonchev–Trinajstić information content (AvgIpc) is 3.09. The molecule has 0 atom stereocenters. The molecule has 8 heteroatoms. The quantitative estimate of drug-likeness (QED) is 0.163. The molecule has 4 aromatic rings. The Hall–Kier alpha value is -2.80. The molecule has 2 aromatic heterocycles. The highest BCUT2D eigenvalue weighted by molar-refractivity contribution is 7.99. The van der Waals surface area contributed by atoms with Gasteiger partial charge in [0.1, 0.15) is 16.8 Å². The molecular weight excluding hydrogens is 463 g/mol. The van der Waals surface area contributed by atoms with Crippen LogP contribution in [0.4, 0.5) is 0 Å². The van der Waals surface area contributed by atoms with Crippen molar-refractivity contribution in [3.05, 3.63) is 99.4 Å². The molecule has 0 amide bonds. The van der Waals surface area contributed by atoms with E-state index in [0.29, 0.717) is 16.8 Å². The van der Waals surface area contributed by atoms with E-state index < -0.39 is 0 Å². The van der Waals surface area contributed by atoms with Crippen LogP contribution in [0, 0.1) is 13.8 Å². The van der Waals surface area contributed by atoms with Crippen LogP contribution >= 0.6 is 35.0 Å². The summed E-state index contributed by atoms with van der Waals surface area (Å²) >= 11 is 13.5. The van der Waals surface area contributed by atoms with E-state index in [1.807, 2.05) is 41.9 Å². The lowest BCUT2D eigenvalue weighted by molar-refractivity contribution is 0.132. The fourth-order valence-electron chi connectivity index (χ4n) is 2.93. The van der Waals surface area contributed by atoms with Crippen LogP contribution in [0.3, 0.4) is 0 Å². The zero-order valence-corrected chi connectivity index (χ0v) is 19.8. The van der Waals surface area contributed by atoms with E-state index in [2.05, 4.69) is 41.3 Å². The van der Waals surface area contributed by atoms with Gasteiger partial charge in [-0.25, -0.2) is 9.67 Å². The van der Waals surface area contributed by atoms with E-state index in [9.17, 15) is 0 Å². The smallest absolute Gasteiger partial charge is 0.143 e. The molecule has 2 aromatic carbocycles. The Bertz CT molecular complexity index is 1220. The second-order valence-electron chi connectivity index (χ2n) is 7.10. The fraction of sp³-hybridized carbons (Fsp3) is 0.125. The van der Waals surface area contributed by atoms with Crippen LogP contribution in [0.1, 0.15) is 22.4 Å². The minimum absolute atomic E-state index is 0.297. The summed E-state index contributed by atoms with van der Waals surface area (Å²) in [7, 11) is 0. The minimum atomic E-state index is 0.297. The second kappa shape index (κ2) is 10.2. The summed E-state index contributed by atoms with van der Waals surface area (Å²) in [4.78, 5) is 10.6. The number of hydrogen-bond acceptors (Lipinski definition) is 5. The molecule has 4 rings (SSSR count). The molecule has 32 heavy (non-hydrogen) atoms. The first-order valence-corrected chi connectivity index (χ1v) is 11.4. The standard InChI is InChI=1S/C24H20Cl2N4OS/c1-16-3-10-21(11-4-16)32-24-22(14-28-31-15-18-5-12-23(26)27-13-18)17(2)29-30(24)20-8-6-19(25)7-9-20/h3-14H,15H2,1-2H3/b28-14+. The summed E-state index contributed by atoms with van der Waals surface area (Å²) in [6, 6.07) is 19.5. The monoisotopic (exact) mass is 482 g/mol. The number of oxime groups is 1. The minimum Gasteiger partial charge on any atom is -0.391 e. The van der Waals surface area contributed by atoms with Crippen LogP contribution in [0.25, 0.3) is 5.69 Å². The third kappa shape index (κ3) is 5.51. The van der Waals surface area contributed by atoms with Crippen molar-refractivity contribution in [2.75, 3.05) is 0 Å². The van der Waals surface area contributed by atoms with Crippen LogP contribution in [0.15, 0.2) is 81.9 Å². The van der Waals surface area contributed by atoms with Gasteiger partial charge in [0.15, 0.2) is 0 Å². The maximum absolute atomic E-state index is 6.08. The lowest BCUT2D eigenvalue weighted by Crippen LogP contribution is -1.99. The third-order valence-electron chi connectivity index (χ3n) is 4.65. The first-order valence-electron chi connectivity index (χ1n) is 9.85. The van der Waals surface area contributed by atoms with Crippen molar-refractivity contribution in [2.45, 2.75) is 30.4 Å². The molecular formula is C24H20Cl2N4OS. The molecule has 0 aliphatic carbocycles. The molecule has 0 bridgehead atoms. The number of hydrogen-bond donors (Lipinski definition) is 0. The zero-order valence-electron chi connectivity index (χ0n) is 17.5. The normalized spacial score (nSPS) is 11.2. The van der Waals surface area contributed by atoms with Gasteiger partial charge in [-0.15, -0.1) is 0 Å². The van der Waals surface area contributed by atoms with Crippen molar-refractivity contribution < 1.29 is 4.84 Å². The largest absolute Gasteiger partial charge is 0.391 e. The molecule has 0 unspecified atom stereocenters. The van der Waals surface area contributed by atoms with E-state index in [4.69, 9.17) is 33.1 Å². The van der Waals surface area contributed by atoms with E-state index in [-0.39, 0.29) is 0 Å². The molecule has 0 saturated carbocycles. The molecule has 5 nitrogen and oxygen atoms in total. The van der Waals surface area contributed by atoms with Crippen LogP contribution in [0.2, 0.25) is 10.2 Å². The summed E-state index contributed by atoms with van der Waals surface area (Å²) in [6.45, 7) is 4.32. The van der Waals surface area contributed by atoms with Crippen LogP contribution in [0.5, 0.6) is 0 Å². The Kier molecular flexibility index (Phi) is 7.15. The number of halogens is 2. The van der Waals surface area contributed by atoms with Gasteiger partial charge >= 0.3 is 0 Å². The van der Waals surface area contributed by atoms with E-state index in [0.717, 1.165) is 32.4 Å². The average molecular weight is 483 g/mol. The van der Waals surface area contributed by atoms with Gasteiger partial charge in [0, 0.05) is 21.7 Å². The van der Waals surface area contributed by atoms with Crippen molar-refractivity contribution in [3.63, 3.8) is 0 Å². The highest BCUT2D eigenvalue weighted by Gasteiger charge is 2.17. The molecule has 0 saturated heterocycles. The Balaban J connectivity index is 1.63. The first kappa shape index (κ1) is 22.4. The predicted molar refractivity (Wildman–Crippen MR) is 130 cm³/mol. The Labute approximate surface area is 201 Å². The maximum atomic E-state index is 6.08. The SMILES string of the molecule is Cc1ccc(Sc2c(/C=N/OCc3ccc(Cl)nc3)c(C)nn2-c2ccc(Cl)cc2)cc1. The predicted octanol–water partition coefficient (Wildman–Crippen LogP) is 6.89. The van der Waals surface area contributed by atoms with E-state index in [1.165, 1.54) is 5.56 Å². The summed E-state index contributed by atoms with van der Waals surface area (Å²) in [5.74, 6) is 0. The Morgan fingerprint density at radius 2 is 1.75 bits per heavy atom. The number of nitrogens with zero attached hydrogens (tertiary/aromatic N) is 4. The van der Waals surface area contributed by atoms with Crippen LogP contribution in [-0.4, -0.2) is 21.0 Å². The van der Waals surface area contributed by atoms with Gasteiger partial charge in [0.2, 0.25) is 0 Å². The number of rotatable bonds is 7. The highest BCUT2D eigenvalue weighted by atomic mass is 35.5. The number of aryl methyl sites for hydroxylation is 2. The van der Waals surface area contributed by atoms with Crippen molar-refractivity contribution in [1.29, 1.82) is 0 Å². The van der Waals surface area contributed by atoms with Gasteiger partial charge in [0.05, 0.1) is 23.2 Å². The van der Waals surface area contributed by atoms with E-state index in [1.54, 1.807) is 30.2 Å². The topological polar surface area (TPSA) is 52.3 Å². The molecule has 0 N–H and O–H groups in total. The lowest BCUT2D eigenvalue weighted by Gasteiger charge is -2.09. The first-order chi connectivity index (χ1) is 15.5. The molecule has 0 radical (unpaired) electrons. The van der Waals surface area contributed by atoms with Crippen molar-refractivity contribution in [2.24, 2.45) is 5.16 Å². The highest BCUT2D eigenvalue weighted by Crippen LogP contribution is 2.33.